The SMILES string of the molecule is COc1ccc(CN2CCC(N(C(=O)c3ccc(F)cc3)c3ccc(OC)c(OC)c3)CC2)cc1. The van der Waals surface area contributed by atoms with Crippen LogP contribution in [-0.2, 0) is 6.54 Å². The molecule has 0 unspecified atom stereocenters. The van der Waals surface area contributed by atoms with Crippen LogP contribution in [0.15, 0.2) is 66.7 Å². The van der Waals surface area contributed by atoms with Crippen molar-refractivity contribution < 1.29 is 23.4 Å². The summed E-state index contributed by atoms with van der Waals surface area (Å²) < 4.78 is 29.6. The summed E-state index contributed by atoms with van der Waals surface area (Å²) in [6, 6.07) is 19.3. The van der Waals surface area contributed by atoms with Crippen molar-refractivity contribution in [3.05, 3.63) is 83.7 Å². The Bertz CT molecular complexity index is 1130. The molecule has 184 valence electrons. The third-order valence-corrected chi connectivity index (χ3v) is 6.44. The average molecular weight is 479 g/mol. The van der Waals surface area contributed by atoms with Gasteiger partial charge in [0.25, 0.3) is 5.91 Å². The first-order chi connectivity index (χ1) is 17.0. The maximum atomic E-state index is 13.6. The van der Waals surface area contributed by atoms with Crippen LogP contribution in [0.3, 0.4) is 0 Å². The van der Waals surface area contributed by atoms with Crippen LogP contribution in [-0.4, -0.2) is 51.3 Å². The summed E-state index contributed by atoms with van der Waals surface area (Å²) in [5.74, 6) is 1.47. The van der Waals surface area contributed by atoms with Gasteiger partial charge in [-0.25, -0.2) is 4.39 Å². The molecule has 1 amide bonds. The Labute approximate surface area is 205 Å². The second kappa shape index (κ2) is 11.2. The molecule has 3 aromatic carbocycles. The monoisotopic (exact) mass is 478 g/mol. The number of anilines is 1. The minimum absolute atomic E-state index is 0.00206. The van der Waals surface area contributed by atoms with Gasteiger partial charge in [-0.05, 0) is 66.9 Å². The Morgan fingerprint density at radius 3 is 2.14 bits per heavy atom. The molecule has 1 fully saturated rings. The van der Waals surface area contributed by atoms with E-state index in [-0.39, 0.29) is 17.8 Å². The Morgan fingerprint density at radius 2 is 1.54 bits per heavy atom. The molecule has 1 aliphatic rings. The van der Waals surface area contributed by atoms with Crippen LogP contribution in [0.1, 0.15) is 28.8 Å². The van der Waals surface area contributed by atoms with Gasteiger partial charge in [0.15, 0.2) is 11.5 Å². The van der Waals surface area contributed by atoms with Crippen molar-refractivity contribution in [2.45, 2.75) is 25.4 Å². The summed E-state index contributed by atoms with van der Waals surface area (Å²) in [6.45, 7) is 2.56. The van der Waals surface area contributed by atoms with Crippen LogP contribution < -0.4 is 19.1 Å². The van der Waals surface area contributed by atoms with Gasteiger partial charge in [0.1, 0.15) is 11.6 Å². The molecule has 7 heteroatoms. The number of amides is 1. The molecule has 0 aliphatic carbocycles. The molecule has 1 aliphatic heterocycles. The Morgan fingerprint density at radius 1 is 0.886 bits per heavy atom. The maximum Gasteiger partial charge on any atom is 0.258 e. The van der Waals surface area contributed by atoms with E-state index in [2.05, 4.69) is 17.0 Å². The number of hydrogen-bond donors (Lipinski definition) is 0. The zero-order chi connectivity index (χ0) is 24.8. The number of likely N-dealkylation sites (tertiary alicyclic amines) is 1. The quantitative estimate of drug-likeness (QED) is 0.448. The molecule has 3 aromatic rings. The number of carbonyl (C=O) groups excluding carboxylic acids is 1. The molecule has 1 saturated heterocycles. The zero-order valence-electron chi connectivity index (χ0n) is 20.4. The second-order valence-corrected chi connectivity index (χ2v) is 8.58. The van der Waals surface area contributed by atoms with Gasteiger partial charge in [-0.3, -0.25) is 9.69 Å². The van der Waals surface area contributed by atoms with Crippen molar-refractivity contribution in [2.24, 2.45) is 0 Å². The van der Waals surface area contributed by atoms with Crippen LogP contribution in [0.5, 0.6) is 17.2 Å². The molecular weight excluding hydrogens is 447 g/mol. The highest BCUT2D eigenvalue weighted by atomic mass is 19.1. The van der Waals surface area contributed by atoms with Crippen molar-refractivity contribution >= 4 is 11.6 Å². The molecule has 35 heavy (non-hydrogen) atoms. The molecule has 0 aromatic heterocycles. The van der Waals surface area contributed by atoms with Gasteiger partial charge in [-0.15, -0.1) is 0 Å². The number of hydrogen-bond acceptors (Lipinski definition) is 5. The Kier molecular flexibility index (Phi) is 7.87. The second-order valence-electron chi connectivity index (χ2n) is 8.58. The summed E-state index contributed by atoms with van der Waals surface area (Å²) >= 11 is 0. The van der Waals surface area contributed by atoms with Gasteiger partial charge in [-0.2, -0.15) is 0 Å². The molecule has 4 rings (SSSR count). The van der Waals surface area contributed by atoms with E-state index < -0.39 is 0 Å². The van der Waals surface area contributed by atoms with E-state index in [1.165, 1.54) is 29.8 Å². The lowest BCUT2D eigenvalue weighted by molar-refractivity contribution is 0.0958. The normalized spacial score (nSPS) is 14.4. The fourth-order valence-corrected chi connectivity index (χ4v) is 4.52. The van der Waals surface area contributed by atoms with Crippen molar-refractivity contribution in [3.63, 3.8) is 0 Å². The van der Waals surface area contributed by atoms with Crippen molar-refractivity contribution in [2.75, 3.05) is 39.3 Å². The predicted molar refractivity (Wildman–Crippen MR) is 134 cm³/mol. The van der Waals surface area contributed by atoms with Gasteiger partial charge >= 0.3 is 0 Å². The lowest BCUT2D eigenvalue weighted by Crippen LogP contribution is -2.47. The van der Waals surface area contributed by atoms with Crippen molar-refractivity contribution in [1.82, 2.24) is 4.90 Å². The molecule has 0 bridgehead atoms. The fraction of sp³-hybridized carbons (Fsp3) is 0.321. The first kappa shape index (κ1) is 24.5. The van der Waals surface area contributed by atoms with Gasteiger partial charge in [0.05, 0.1) is 21.3 Å². The summed E-state index contributed by atoms with van der Waals surface area (Å²) in [5.41, 5.74) is 2.40. The number of rotatable bonds is 8. The Balaban J connectivity index is 1.54. The van der Waals surface area contributed by atoms with E-state index >= 15 is 0 Å². The summed E-state index contributed by atoms with van der Waals surface area (Å²) in [7, 11) is 4.82. The molecule has 6 nitrogen and oxygen atoms in total. The molecule has 0 atom stereocenters. The third-order valence-electron chi connectivity index (χ3n) is 6.44. The number of methoxy groups -OCH3 is 3. The summed E-state index contributed by atoms with van der Waals surface area (Å²) in [5, 5.41) is 0. The lowest BCUT2D eigenvalue weighted by Gasteiger charge is -2.39. The minimum atomic E-state index is -0.369. The largest absolute Gasteiger partial charge is 0.497 e. The van der Waals surface area contributed by atoms with Crippen LogP contribution in [0.4, 0.5) is 10.1 Å². The number of piperidine rings is 1. The molecule has 0 radical (unpaired) electrons. The summed E-state index contributed by atoms with van der Waals surface area (Å²) in [6.07, 6.45) is 1.63. The summed E-state index contributed by atoms with van der Waals surface area (Å²) in [4.78, 5) is 17.9. The van der Waals surface area contributed by atoms with Crippen molar-refractivity contribution in [1.29, 1.82) is 0 Å². The Hall–Kier alpha value is -3.58. The number of benzene rings is 3. The number of halogens is 1. The van der Waals surface area contributed by atoms with E-state index in [1.54, 1.807) is 27.4 Å². The van der Waals surface area contributed by atoms with E-state index in [9.17, 15) is 9.18 Å². The molecule has 0 spiro atoms. The smallest absolute Gasteiger partial charge is 0.258 e. The first-order valence-corrected chi connectivity index (χ1v) is 11.7. The highest BCUT2D eigenvalue weighted by Gasteiger charge is 2.30. The predicted octanol–water partition coefficient (Wildman–Crippen LogP) is 5.16. The minimum Gasteiger partial charge on any atom is -0.497 e. The number of carbonyl (C=O) groups is 1. The van der Waals surface area contributed by atoms with E-state index in [0.717, 1.165) is 43.9 Å². The van der Waals surface area contributed by atoms with Gasteiger partial charge < -0.3 is 19.1 Å². The molecule has 0 saturated carbocycles. The van der Waals surface area contributed by atoms with Crippen LogP contribution in [0.2, 0.25) is 0 Å². The number of nitrogens with zero attached hydrogens (tertiary/aromatic N) is 2. The van der Waals surface area contributed by atoms with Gasteiger partial charge in [-0.1, -0.05) is 12.1 Å². The zero-order valence-corrected chi connectivity index (χ0v) is 20.4. The maximum absolute atomic E-state index is 13.6. The van der Waals surface area contributed by atoms with Gasteiger partial charge in [0.2, 0.25) is 0 Å². The topological polar surface area (TPSA) is 51.2 Å². The fourth-order valence-electron chi connectivity index (χ4n) is 4.52. The van der Waals surface area contributed by atoms with Gasteiger partial charge in [0, 0.05) is 43.0 Å². The van der Waals surface area contributed by atoms with E-state index in [0.29, 0.717) is 17.1 Å². The molecule has 1 heterocycles. The standard InChI is InChI=1S/C28H31FN2O4/c1-33-25-11-4-20(5-12-25)19-30-16-14-23(15-17-30)31(28(32)21-6-8-22(29)9-7-21)24-10-13-26(34-2)27(18-24)35-3/h4-13,18,23H,14-17,19H2,1-3H3. The van der Waals surface area contributed by atoms with Crippen LogP contribution in [0.25, 0.3) is 0 Å². The molecular formula is C28H31FN2O4. The van der Waals surface area contributed by atoms with E-state index in [1.807, 2.05) is 29.2 Å². The van der Waals surface area contributed by atoms with Crippen LogP contribution in [0, 0.1) is 5.82 Å². The third kappa shape index (κ3) is 5.74. The molecule has 0 N–H and O–H groups in total. The van der Waals surface area contributed by atoms with Crippen LogP contribution >= 0.6 is 0 Å². The highest BCUT2D eigenvalue weighted by Crippen LogP contribution is 2.34. The highest BCUT2D eigenvalue weighted by molar-refractivity contribution is 6.06. The lowest BCUT2D eigenvalue weighted by atomic mass is 10.00. The first-order valence-electron chi connectivity index (χ1n) is 11.7. The van der Waals surface area contributed by atoms with Crippen molar-refractivity contribution in [3.8, 4) is 17.2 Å². The number of ether oxygens (including phenoxy) is 3. The average Bonchev–Trinajstić information content (AvgIpc) is 2.90. The van der Waals surface area contributed by atoms with E-state index in [4.69, 9.17) is 14.2 Å².